The second kappa shape index (κ2) is 6.31. The SMILES string of the molecule is COc1cc(NCc2ccc(C)c(Br)c2)ccc1Cl. The number of hydrogen-bond donors (Lipinski definition) is 1. The molecule has 1 N–H and O–H groups in total. The van der Waals surface area contributed by atoms with Crippen molar-refractivity contribution >= 4 is 33.2 Å². The van der Waals surface area contributed by atoms with E-state index >= 15 is 0 Å². The van der Waals surface area contributed by atoms with E-state index < -0.39 is 0 Å². The van der Waals surface area contributed by atoms with Gasteiger partial charge in [-0.2, -0.15) is 0 Å². The Balaban J connectivity index is 2.07. The van der Waals surface area contributed by atoms with Crippen molar-refractivity contribution < 1.29 is 4.74 Å². The zero-order chi connectivity index (χ0) is 13.8. The quantitative estimate of drug-likeness (QED) is 0.842. The fourth-order valence-electron chi connectivity index (χ4n) is 1.72. The monoisotopic (exact) mass is 339 g/mol. The van der Waals surface area contributed by atoms with E-state index in [0.29, 0.717) is 10.8 Å². The number of nitrogens with one attached hydrogen (secondary N) is 1. The Hall–Kier alpha value is -1.19. The highest BCUT2D eigenvalue weighted by atomic mass is 79.9. The smallest absolute Gasteiger partial charge is 0.139 e. The lowest BCUT2D eigenvalue weighted by atomic mass is 10.1. The third kappa shape index (κ3) is 3.64. The molecule has 2 aromatic carbocycles. The van der Waals surface area contributed by atoms with E-state index in [-0.39, 0.29) is 0 Å². The summed E-state index contributed by atoms with van der Waals surface area (Å²) in [5.41, 5.74) is 3.43. The summed E-state index contributed by atoms with van der Waals surface area (Å²) in [7, 11) is 1.61. The molecule has 0 radical (unpaired) electrons. The van der Waals surface area contributed by atoms with E-state index in [4.69, 9.17) is 16.3 Å². The molecule has 0 aliphatic carbocycles. The summed E-state index contributed by atoms with van der Waals surface area (Å²) < 4.78 is 6.32. The standard InChI is InChI=1S/C15H15BrClNO/c1-10-3-4-11(7-13(10)16)9-18-12-5-6-14(17)15(8-12)19-2/h3-8,18H,9H2,1-2H3. The largest absolute Gasteiger partial charge is 0.495 e. The van der Waals surface area contributed by atoms with Gasteiger partial charge >= 0.3 is 0 Å². The van der Waals surface area contributed by atoms with Gasteiger partial charge in [0.15, 0.2) is 0 Å². The zero-order valence-corrected chi connectivity index (χ0v) is 13.2. The minimum Gasteiger partial charge on any atom is -0.495 e. The van der Waals surface area contributed by atoms with Crippen LogP contribution in [0, 0.1) is 6.92 Å². The molecule has 0 unspecified atom stereocenters. The topological polar surface area (TPSA) is 21.3 Å². The molecular weight excluding hydrogens is 326 g/mol. The van der Waals surface area contributed by atoms with Crippen molar-refractivity contribution in [3.63, 3.8) is 0 Å². The molecule has 19 heavy (non-hydrogen) atoms. The lowest BCUT2D eigenvalue weighted by Crippen LogP contribution is -2.00. The number of anilines is 1. The molecule has 0 aromatic heterocycles. The van der Waals surface area contributed by atoms with E-state index in [1.807, 2.05) is 18.2 Å². The molecule has 0 fully saturated rings. The van der Waals surface area contributed by atoms with Crippen LogP contribution in [0.4, 0.5) is 5.69 Å². The van der Waals surface area contributed by atoms with Crippen LogP contribution in [0.2, 0.25) is 5.02 Å². The van der Waals surface area contributed by atoms with Crippen LogP contribution in [0.3, 0.4) is 0 Å². The van der Waals surface area contributed by atoms with E-state index in [1.165, 1.54) is 11.1 Å². The molecule has 0 saturated heterocycles. The Kier molecular flexibility index (Phi) is 4.72. The first-order valence-electron chi connectivity index (χ1n) is 5.92. The highest BCUT2D eigenvalue weighted by Crippen LogP contribution is 2.27. The maximum atomic E-state index is 5.99. The lowest BCUT2D eigenvalue weighted by Gasteiger charge is -2.10. The zero-order valence-electron chi connectivity index (χ0n) is 10.8. The number of benzene rings is 2. The van der Waals surface area contributed by atoms with Gasteiger partial charge in [0.2, 0.25) is 0 Å². The normalized spacial score (nSPS) is 10.3. The fourth-order valence-corrected chi connectivity index (χ4v) is 2.34. The molecule has 0 aliphatic heterocycles. The van der Waals surface area contributed by atoms with Gasteiger partial charge in [-0.05, 0) is 36.2 Å². The van der Waals surface area contributed by atoms with Gasteiger partial charge in [-0.3, -0.25) is 0 Å². The number of ether oxygens (including phenoxy) is 1. The molecule has 4 heteroatoms. The highest BCUT2D eigenvalue weighted by Gasteiger charge is 2.02. The summed E-state index contributed by atoms with van der Waals surface area (Å²) >= 11 is 9.53. The van der Waals surface area contributed by atoms with Crippen LogP contribution in [0.25, 0.3) is 0 Å². The van der Waals surface area contributed by atoms with Crippen LogP contribution in [0.5, 0.6) is 5.75 Å². The van der Waals surface area contributed by atoms with Gasteiger partial charge in [0.25, 0.3) is 0 Å². The second-order valence-electron chi connectivity index (χ2n) is 4.29. The van der Waals surface area contributed by atoms with E-state index in [9.17, 15) is 0 Å². The number of hydrogen-bond acceptors (Lipinski definition) is 2. The predicted molar refractivity (Wildman–Crippen MR) is 84.2 cm³/mol. The molecular formula is C15H15BrClNO. The van der Waals surface area contributed by atoms with Crippen molar-refractivity contribution in [2.45, 2.75) is 13.5 Å². The molecule has 0 heterocycles. The maximum absolute atomic E-state index is 5.99. The highest BCUT2D eigenvalue weighted by molar-refractivity contribution is 9.10. The summed E-state index contributed by atoms with van der Waals surface area (Å²) in [5, 5.41) is 3.97. The van der Waals surface area contributed by atoms with E-state index in [0.717, 1.165) is 16.7 Å². The Bertz CT molecular complexity index is 586. The molecule has 0 atom stereocenters. The molecule has 0 saturated carbocycles. The number of methoxy groups -OCH3 is 1. The first kappa shape index (κ1) is 14.2. The summed E-state index contributed by atoms with van der Waals surface area (Å²) in [6, 6.07) is 12.0. The van der Waals surface area contributed by atoms with Crippen LogP contribution in [-0.4, -0.2) is 7.11 Å². The molecule has 0 aliphatic rings. The molecule has 2 nitrogen and oxygen atoms in total. The van der Waals surface area contributed by atoms with Gasteiger partial charge in [-0.1, -0.05) is 39.7 Å². The van der Waals surface area contributed by atoms with Crippen LogP contribution in [0.1, 0.15) is 11.1 Å². The van der Waals surface area contributed by atoms with E-state index in [2.05, 4.69) is 46.4 Å². The first-order valence-corrected chi connectivity index (χ1v) is 7.09. The van der Waals surface area contributed by atoms with Crippen LogP contribution < -0.4 is 10.1 Å². The van der Waals surface area contributed by atoms with Gasteiger partial charge in [-0.25, -0.2) is 0 Å². The van der Waals surface area contributed by atoms with Crippen molar-refractivity contribution in [1.29, 1.82) is 0 Å². The van der Waals surface area contributed by atoms with Gasteiger partial charge < -0.3 is 10.1 Å². The van der Waals surface area contributed by atoms with Crippen LogP contribution >= 0.6 is 27.5 Å². The molecule has 0 amide bonds. The molecule has 2 rings (SSSR count). The number of rotatable bonds is 4. The summed E-state index contributed by atoms with van der Waals surface area (Å²) in [6.07, 6.45) is 0. The molecule has 100 valence electrons. The summed E-state index contributed by atoms with van der Waals surface area (Å²) in [6.45, 7) is 2.83. The van der Waals surface area contributed by atoms with Crippen molar-refractivity contribution in [2.75, 3.05) is 12.4 Å². The molecule has 0 bridgehead atoms. The third-order valence-corrected chi connectivity index (χ3v) is 4.05. The van der Waals surface area contributed by atoms with Crippen LogP contribution in [0.15, 0.2) is 40.9 Å². The maximum Gasteiger partial charge on any atom is 0.139 e. The minimum absolute atomic E-state index is 0.617. The first-order chi connectivity index (χ1) is 9.10. The van der Waals surface area contributed by atoms with Gasteiger partial charge in [0, 0.05) is 22.8 Å². The summed E-state index contributed by atoms with van der Waals surface area (Å²) in [4.78, 5) is 0. The second-order valence-corrected chi connectivity index (χ2v) is 5.55. The van der Waals surface area contributed by atoms with Crippen molar-refractivity contribution in [2.24, 2.45) is 0 Å². The third-order valence-electron chi connectivity index (χ3n) is 2.88. The Labute approximate surface area is 126 Å². The van der Waals surface area contributed by atoms with Gasteiger partial charge in [-0.15, -0.1) is 0 Å². The predicted octanol–water partition coefficient (Wildman–Crippen LogP) is 5.03. The summed E-state index contributed by atoms with van der Waals surface area (Å²) in [5.74, 6) is 0.678. The molecule has 0 spiro atoms. The van der Waals surface area contributed by atoms with Crippen molar-refractivity contribution in [1.82, 2.24) is 0 Å². The van der Waals surface area contributed by atoms with Gasteiger partial charge in [0.05, 0.1) is 12.1 Å². The van der Waals surface area contributed by atoms with Crippen LogP contribution in [-0.2, 0) is 6.54 Å². The average molecular weight is 341 g/mol. The number of halogens is 2. The Morgan fingerprint density at radius 3 is 2.68 bits per heavy atom. The fraction of sp³-hybridized carbons (Fsp3) is 0.200. The Morgan fingerprint density at radius 2 is 2.00 bits per heavy atom. The molecule has 2 aromatic rings. The van der Waals surface area contributed by atoms with Gasteiger partial charge in [0.1, 0.15) is 5.75 Å². The Morgan fingerprint density at radius 1 is 1.21 bits per heavy atom. The lowest BCUT2D eigenvalue weighted by molar-refractivity contribution is 0.415. The minimum atomic E-state index is 0.617. The van der Waals surface area contributed by atoms with Crippen molar-refractivity contribution in [3.05, 3.63) is 57.0 Å². The average Bonchev–Trinajstić information content (AvgIpc) is 2.41. The van der Waals surface area contributed by atoms with Crippen molar-refractivity contribution in [3.8, 4) is 5.75 Å². The van der Waals surface area contributed by atoms with E-state index in [1.54, 1.807) is 7.11 Å². The number of aryl methyl sites for hydroxylation is 1.